The maximum absolute atomic E-state index is 9.08. The van der Waals surface area contributed by atoms with Crippen molar-refractivity contribution in [3.63, 3.8) is 0 Å². The molecule has 0 amide bonds. The Hall–Kier alpha value is -3.04. The van der Waals surface area contributed by atoms with Crippen LogP contribution in [0.2, 0.25) is 0 Å². The maximum Gasteiger partial charge on any atom is 0.231 e. The molecule has 1 aliphatic rings. The number of aromatic nitrogens is 2. The van der Waals surface area contributed by atoms with Gasteiger partial charge in [0, 0.05) is 61.7 Å². The molecule has 1 N–H and O–H groups in total. The number of H-pyrrole nitrogens is 1. The van der Waals surface area contributed by atoms with Crippen LogP contribution in [0.4, 0.5) is 5.69 Å². The molecule has 132 valence electrons. The Morgan fingerprint density at radius 3 is 2.85 bits per heavy atom. The Morgan fingerprint density at radius 1 is 1.12 bits per heavy atom. The van der Waals surface area contributed by atoms with Gasteiger partial charge in [-0.1, -0.05) is 6.07 Å². The van der Waals surface area contributed by atoms with Crippen molar-refractivity contribution in [2.24, 2.45) is 0 Å². The second kappa shape index (κ2) is 7.46. The molecule has 0 spiro atoms. The first kappa shape index (κ1) is 16.4. The van der Waals surface area contributed by atoms with Crippen LogP contribution >= 0.6 is 0 Å². The van der Waals surface area contributed by atoms with Crippen molar-refractivity contribution in [1.82, 2.24) is 14.9 Å². The monoisotopic (exact) mass is 347 g/mol. The lowest BCUT2D eigenvalue weighted by Gasteiger charge is -2.36. The summed E-state index contributed by atoms with van der Waals surface area (Å²) in [6, 6.07) is 14.1. The van der Waals surface area contributed by atoms with E-state index in [4.69, 9.17) is 10.00 Å². The van der Waals surface area contributed by atoms with E-state index in [1.165, 1.54) is 16.6 Å². The molecule has 0 atom stereocenters. The number of hydrogen-bond acceptors (Lipinski definition) is 5. The molecule has 2 aromatic heterocycles. The van der Waals surface area contributed by atoms with E-state index < -0.39 is 0 Å². The molecular formula is C20H21N5O. The fraction of sp³-hybridized carbons (Fsp3) is 0.300. The van der Waals surface area contributed by atoms with Gasteiger partial charge in [-0.3, -0.25) is 4.90 Å². The first-order valence-electron chi connectivity index (χ1n) is 8.86. The van der Waals surface area contributed by atoms with Gasteiger partial charge in [-0.2, -0.15) is 5.26 Å². The van der Waals surface area contributed by atoms with Crippen molar-refractivity contribution in [3.05, 3.63) is 54.4 Å². The molecule has 26 heavy (non-hydrogen) atoms. The number of ether oxygens (including phenoxy) is 1. The summed E-state index contributed by atoms with van der Waals surface area (Å²) < 4.78 is 5.70. The van der Waals surface area contributed by atoms with E-state index in [9.17, 15) is 0 Å². The molecule has 1 fully saturated rings. The number of rotatable bonds is 5. The average molecular weight is 347 g/mol. The number of pyridine rings is 1. The number of nitriles is 1. The topological polar surface area (TPSA) is 68.2 Å². The number of piperazine rings is 1. The largest absolute Gasteiger partial charge is 0.475 e. The van der Waals surface area contributed by atoms with Crippen LogP contribution in [0.15, 0.2) is 48.8 Å². The highest BCUT2D eigenvalue weighted by Gasteiger charge is 2.18. The Balaban J connectivity index is 1.30. The van der Waals surface area contributed by atoms with Gasteiger partial charge in [-0.05, 0) is 30.3 Å². The van der Waals surface area contributed by atoms with E-state index in [1.807, 2.05) is 6.20 Å². The van der Waals surface area contributed by atoms with E-state index in [1.54, 1.807) is 18.3 Å². The third-order valence-corrected chi connectivity index (χ3v) is 4.82. The fourth-order valence-corrected chi connectivity index (χ4v) is 3.42. The maximum atomic E-state index is 9.08. The molecule has 0 radical (unpaired) electrons. The molecule has 4 rings (SSSR count). The summed E-state index contributed by atoms with van der Waals surface area (Å²) in [6.45, 7) is 5.37. The Kier molecular flexibility index (Phi) is 4.71. The van der Waals surface area contributed by atoms with Crippen LogP contribution in [0, 0.1) is 11.3 Å². The molecule has 1 aliphatic heterocycles. The van der Waals surface area contributed by atoms with Gasteiger partial charge in [0.25, 0.3) is 0 Å². The van der Waals surface area contributed by atoms with Gasteiger partial charge < -0.3 is 14.6 Å². The first-order valence-corrected chi connectivity index (χ1v) is 8.86. The summed E-state index contributed by atoms with van der Waals surface area (Å²) in [7, 11) is 0. The molecule has 0 unspecified atom stereocenters. The Morgan fingerprint density at radius 2 is 2.00 bits per heavy atom. The van der Waals surface area contributed by atoms with E-state index in [0.29, 0.717) is 18.1 Å². The molecule has 3 aromatic rings. The van der Waals surface area contributed by atoms with E-state index in [2.05, 4.69) is 50.1 Å². The lowest BCUT2D eigenvalue weighted by molar-refractivity contribution is 0.197. The number of fused-ring (bicyclic) bond motifs is 1. The highest BCUT2D eigenvalue weighted by atomic mass is 16.5. The number of aromatic amines is 1. The van der Waals surface area contributed by atoms with Crippen LogP contribution in [-0.2, 0) is 0 Å². The molecule has 6 heteroatoms. The second-order valence-corrected chi connectivity index (χ2v) is 6.36. The summed E-state index contributed by atoms with van der Waals surface area (Å²) in [5, 5.41) is 10.4. The molecule has 1 saturated heterocycles. The molecule has 6 nitrogen and oxygen atoms in total. The quantitative estimate of drug-likeness (QED) is 0.768. The lowest BCUT2D eigenvalue weighted by Crippen LogP contribution is -2.47. The molecule has 1 aromatic carbocycles. The van der Waals surface area contributed by atoms with Crippen LogP contribution < -0.4 is 9.64 Å². The van der Waals surface area contributed by atoms with Gasteiger partial charge in [0.05, 0.1) is 0 Å². The summed E-state index contributed by atoms with van der Waals surface area (Å²) in [4.78, 5) is 12.2. The SMILES string of the molecule is N#Cc1cccnc1OCCN1CCN(c2cccc3[nH]ccc23)CC1. The molecular weight excluding hydrogens is 326 g/mol. The predicted molar refractivity (Wildman–Crippen MR) is 101 cm³/mol. The van der Waals surface area contributed by atoms with Gasteiger partial charge in [0.1, 0.15) is 18.2 Å². The second-order valence-electron chi connectivity index (χ2n) is 6.36. The normalized spacial score (nSPS) is 15.1. The van der Waals surface area contributed by atoms with E-state index in [-0.39, 0.29) is 0 Å². The van der Waals surface area contributed by atoms with E-state index in [0.717, 1.165) is 32.7 Å². The van der Waals surface area contributed by atoms with Crippen LogP contribution in [0.3, 0.4) is 0 Å². The first-order chi connectivity index (χ1) is 12.8. The fourth-order valence-electron chi connectivity index (χ4n) is 3.42. The number of nitrogens with one attached hydrogen (secondary N) is 1. The zero-order valence-electron chi connectivity index (χ0n) is 14.6. The van der Waals surface area contributed by atoms with Crippen molar-refractivity contribution in [1.29, 1.82) is 5.26 Å². The highest BCUT2D eigenvalue weighted by molar-refractivity contribution is 5.92. The van der Waals surface area contributed by atoms with Crippen LogP contribution in [-0.4, -0.2) is 54.2 Å². The summed E-state index contributed by atoms with van der Waals surface area (Å²) in [5.74, 6) is 0.424. The van der Waals surface area contributed by atoms with Crippen LogP contribution in [0.1, 0.15) is 5.56 Å². The molecule has 0 aliphatic carbocycles. The lowest BCUT2D eigenvalue weighted by atomic mass is 10.1. The summed E-state index contributed by atoms with van der Waals surface area (Å²) in [6.07, 6.45) is 3.64. The third kappa shape index (κ3) is 3.35. The highest BCUT2D eigenvalue weighted by Crippen LogP contribution is 2.26. The van der Waals surface area contributed by atoms with Crippen molar-refractivity contribution in [2.45, 2.75) is 0 Å². The Labute approximate surface area is 152 Å². The molecule has 0 saturated carbocycles. The minimum absolute atomic E-state index is 0.424. The smallest absolute Gasteiger partial charge is 0.231 e. The minimum Gasteiger partial charge on any atom is -0.475 e. The third-order valence-electron chi connectivity index (χ3n) is 4.82. The van der Waals surface area contributed by atoms with Gasteiger partial charge >= 0.3 is 0 Å². The van der Waals surface area contributed by atoms with Gasteiger partial charge in [0.15, 0.2) is 0 Å². The summed E-state index contributed by atoms with van der Waals surface area (Å²) >= 11 is 0. The van der Waals surface area contributed by atoms with Crippen molar-refractivity contribution in [3.8, 4) is 11.9 Å². The standard InChI is InChI=1S/C20H21N5O/c21-15-16-3-2-7-23-20(16)26-14-13-24-9-11-25(12-10-24)19-5-1-4-18-17(19)6-8-22-18/h1-8,22H,9-14H2. The Bertz CT molecular complexity index is 921. The molecule has 0 bridgehead atoms. The predicted octanol–water partition coefficient (Wildman–Crippen LogP) is 2.64. The zero-order chi connectivity index (χ0) is 17.8. The van der Waals surface area contributed by atoms with Crippen molar-refractivity contribution in [2.75, 3.05) is 44.2 Å². The number of benzene rings is 1. The van der Waals surface area contributed by atoms with Crippen molar-refractivity contribution >= 4 is 16.6 Å². The van der Waals surface area contributed by atoms with Crippen molar-refractivity contribution < 1.29 is 4.74 Å². The van der Waals surface area contributed by atoms with Gasteiger partial charge in [-0.15, -0.1) is 0 Å². The van der Waals surface area contributed by atoms with Crippen LogP contribution in [0.5, 0.6) is 5.88 Å². The number of hydrogen-bond donors (Lipinski definition) is 1. The number of anilines is 1. The zero-order valence-corrected chi connectivity index (χ0v) is 14.6. The number of nitrogens with zero attached hydrogens (tertiary/aromatic N) is 4. The van der Waals surface area contributed by atoms with E-state index >= 15 is 0 Å². The van der Waals surface area contributed by atoms with Crippen LogP contribution in [0.25, 0.3) is 10.9 Å². The summed E-state index contributed by atoms with van der Waals surface area (Å²) in [5.41, 5.74) is 2.96. The van der Waals surface area contributed by atoms with Gasteiger partial charge in [0.2, 0.25) is 5.88 Å². The van der Waals surface area contributed by atoms with Gasteiger partial charge in [-0.25, -0.2) is 4.98 Å². The minimum atomic E-state index is 0.424. The molecule has 3 heterocycles. The average Bonchev–Trinajstić information content (AvgIpc) is 3.18.